The molecule has 0 saturated heterocycles. The Kier molecular flexibility index (Phi) is 42.7. The quantitative estimate of drug-likeness (QED) is 0.0346. The van der Waals surface area contributed by atoms with Crippen LogP contribution in [0.5, 0.6) is 0 Å². The Balaban J connectivity index is 4.31. The SMILES string of the molecule is CCCCCCCCCCCCCCCC(=O)O[C@@H](COC(=O)CCCCCCCCCCCCCCC(C)C)COC(=O)CCCCCCCCCCC(C)C. The summed E-state index contributed by atoms with van der Waals surface area (Å²) in [6, 6.07) is 0. The molecule has 0 amide bonds. The first-order chi connectivity index (χ1) is 27.7. The number of ether oxygens (including phenoxy) is 3. The highest BCUT2D eigenvalue weighted by Crippen LogP contribution is 2.17. The zero-order valence-electron chi connectivity index (χ0n) is 39.0. The fourth-order valence-electron chi connectivity index (χ4n) is 7.64. The molecule has 0 fully saturated rings. The van der Waals surface area contributed by atoms with Crippen LogP contribution in [0.4, 0.5) is 0 Å². The predicted octanol–water partition coefficient (Wildman–Crippen LogP) is 16.1. The second-order valence-corrected chi connectivity index (χ2v) is 18.4. The van der Waals surface area contributed by atoms with Gasteiger partial charge in [0.15, 0.2) is 6.10 Å². The number of hydrogen-bond donors (Lipinski definition) is 0. The summed E-state index contributed by atoms with van der Waals surface area (Å²) in [4.78, 5) is 37.9. The summed E-state index contributed by atoms with van der Waals surface area (Å²) in [5.41, 5.74) is 0. The van der Waals surface area contributed by atoms with E-state index in [4.69, 9.17) is 14.2 Å². The van der Waals surface area contributed by atoms with Crippen LogP contribution in [-0.4, -0.2) is 37.2 Å². The van der Waals surface area contributed by atoms with E-state index in [0.717, 1.165) is 69.6 Å². The van der Waals surface area contributed by atoms with Gasteiger partial charge in [-0.25, -0.2) is 0 Å². The van der Waals surface area contributed by atoms with E-state index >= 15 is 0 Å². The first-order valence-electron chi connectivity index (χ1n) is 25.2. The van der Waals surface area contributed by atoms with Crippen LogP contribution >= 0.6 is 0 Å². The highest BCUT2D eigenvalue weighted by Gasteiger charge is 2.19. The maximum absolute atomic E-state index is 12.8. The van der Waals surface area contributed by atoms with Crippen molar-refractivity contribution in [2.24, 2.45) is 11.8 Å². The Bertz CT molecular complexity index is 870. The molecule has 57 heavy (non-hydrogen) atoms. The summed E-state index contributed by atoms with van der Waals surface area (Å²) < 4.78 is 16.8. The van der Waals surface area contributed by atoms with E-state index in [1.807, 2.05) is 0 Å². The maximum Gasteiger partial charge on any atom is 0.306 e. The molecule has 0 aromatic rings. The van der Waals surface area contributed by atoms with Gasteiger partial charge in [0.1, 0.15) is 13.2 Å². The molecule has 0 saturated carbocycles. The molecule has 0 radical (unpaired) electrons. The van der Waals surface area contributed by atoms with Crippen molar-refractivity contribution in [2.75, 3.05) is 13.2 Å². The van der Waals surface area contributed by atoms with Gasteiger partial charge in [-0.05, 0) is 31.1 Å². The lowest BCUT2D eigenvalue weighted by Crippen LogP contribution is -2.30. The Labute approximate surface area is 355 Å². The lowest BCUT2D eigenvalue weighted by molar-refractivity contribution is -0.167. The number of carbonyl (C=O) groups is 3. The average molecular weight is 807 g/mol. The van der Waals surface area contributed by atoms with Crippen molar-refractivity contribution in [2.45, 2.75) is 285 Å². The monoisotopic (exact) mass is 807 g/mol. The summed E-state index contributed by atoms with van der Waals surface area (Å²) in [5, 5.41) is 0. The van der Waals surface area contributed by atoms with E-state index in [2.05, 4.69) is 34.6 Å². The van der Waals surface area contributed by atoms with E-state index in [1.165, 1.54) is 167 Å². The molecular formula is C51H98O6. The molecule has 0 aliphatic rings. The lowest BCUT2D eigenvalue weighted by atomic mass is 10.0. The molecule has 0 aromatic carbocycles. The van der Waals surface area contributed by atoms with Crippen molar-refractivity contribution in [1.82, 2.24) is 0 Å². The molecule has 0 rings (SSSR count). The number of esters is 3. The Morgan fingerprint density at radius 3 is 0.860 bits per heavy atom. The Morgan fingerprint density at radius 1 is 0.333 bits per heavy atom. The van der Waals surface area contributed by atoms with E-state index in [-0.39, 0.29) is 31.1 Å². The highest BCUT2D eigenvalue weighted by molar-refractivity contribution is 5.71. The van der Waals surface area contributed by atoms with E-state index < -0.39 is 6.10 Å². The summed E-state index contributed by atoms with van der Waals surface area (Å²) in [7, 11) is 0. The van der Waals surface area contributed by atoms with Crippen molar-refractivity contribution >= 4 is 17.9 Å². The minimum Gasteiger partial charge on any atom is -0.462 e. The fourth-order valence-corrected chi connectivity index (χ4v) is 7.64. The second kappa shape index (κ2) is 44.0. The van der Waals surface area contributed by atoms with Crippen molar-refractivity contribution in [3.63, 3.8) is 0 Å². The van der Waals surface area contributed by atoms with Crippen molar-refractivity contribution in [1.29, 1.82) is 0 Å². The number of rotatable bonds is 45. The molecule has 6 nitrogen and oxygen atoms in total. The molecule has 0 bridgehead atoms. The highest BCUT2D eigenvalue weighted by atomic mass is 16.6. The minimum atomic E-state index is -0.761. The standard InChI is InChI=1S/C51H98O6/c1-6-7-8-9-10-11-12-13-18-21-28-33-38-43-51(54)57-48(45-56-50(53)42-37-32-27-23-22-25-30-35-40-47(4)5)44-55-49(52)41-36-31-26-20-17-15-14-16-19-24-29-34-39-46(2)3/h46-48H,6-45H2,1-5H3/t48-/m0/s1. The van der Waals surface area contributed by atoms with Gasteiger partial charge in [-0.2, -0.15) is 0 Å². The van der Waals surface area contributed by atoms with Gasteiger partial charge in [0, 0.05) is 19.3 Å². The average Bonchev–Trinajstić information content (AvgIpc) is 3.18. The van der Waals surface area contributed by atoms with Gasteiger partial charge in [0.2, 0.25) is 0 Å². The van der Waals surface area contributed by atoms with Crippen LogP contribution in [0.2, 0.25) is 0 Å². The van der Waals surface area contributed by atoms with E-state index in [9.17, 15) is 14.4 Å². The van der Waals surface area contributed by atoms with E-state index in [0.29, 0.717) is 19.3 Å². The molecule has 1 atom stereocenters. The van der Waals surface area contributed by atoms with Gasteiger partial charge in [-0.15, -0.1) is 0 Å². The summed E-state index contributed by atoms with van der Waals surface area (Å²) in [6.45, 7) is 11.3. The number of carbonyl (C=O) groups excluding carboxylic acids is 3. The topological polar surface area (TPSA) is 78.9 Å². The zero-order valence-corrected chi connectivity index (χ0v) is 39.0. The van der Waals surface area contributed by atoms with Crippen LogP contribution in [0, 0.1) is 11.8 Å². The molecular weight excluding hydrogens is 709 g/mol. The molecule has 0 aromatic heterocycles. The normalized spacial score (nSPS) is 12.1. The Hall–Kier alpha value is -1.59. The molecule has 6 heteroatoms. The van der Waals surface area contributed by atoms with Gasteiger partial charge < -0.3 is 14.2 Å². The molecule has 0 N–H and O–H groups in total. The van der Waals surface area contributed by atoms with Crippen molar-refractivity contribution in [3.8, 4) is 0 Å². The Morgan fingerprint density at radius 2 is 0.579 bits per heavy atom. The van der Waals surface area contributed by atoms with Crippen molar-refractivity contribution in [3.05, 3.63) is 0 Å². The first-order valence-corrected chi connectivity index (χ1v) is 25.2. The minimum absolute atomic E-state index is 0.0641. The summed E-state index contributed by atoms with van der Waals surface area (Å²) in [6.07, 6.45) is 43.7. The second-order valence-electron chi connectivity index (χ2n) is 18.4. The third-order valence-corrected chi connectivity index (χ3v) is 11.5. The van der Waals surface area contributed by atoms with Gasteiger partial charge in [-0.1, -0.05) is 240 Å². The zero-order chi connectivity index (χ0) is 41.9. The molecule has 0 aliphatic carbocycles. The number of hydrogen-bond acceptors (Lipinski definition) is 6. The van der Waals surface area contributed by atoms with Crippen LogP contribution in [0.15, 0.2) is 0 Å². The smallest absolute Gasteiger partial charge is 0.306 e. The molecule has 0 spiro atoms. The van der Waals surface area contributed by atoms with Gasteiger partial charge in [0.25, 0.3) is 0 Å². The van der Waals surface area contributed by atoms with E-state index in [1.54, 1.807) is 0 Å². The fraction of sp³-hybridized carbons (Fsp3) is 0.941. The third-order valence-electron chi connectivity index (χ3n) is 11.5. The van der Waals surface area contributed by atoms with Gasteiger partial charge >= 0.3 is 17.9 Å². The number of unbranched alkanes of at least 4 members (excludes halogenated alkanes) is 30. The predicted molar refractivity (Wildman–Crippen MR) is 243 cm³/mol. The first kappa shape index (κ1) is 55.4. The van der Waals surface area contributed by atoms with Crippen LogP contribution < -0.4 is 0 Å². The summed E-state index contributed by atoms with van der Waals surface area (Å²) >= 11 is 0. The van der Waals surface area contributed by atoms with Crippen LogP contribution in [-0.2, 0) is 28.6 Å². The molecule has 0 aliphatic heterocycles. The molecule has 0 unspecified atom stereocenters. The van der Waals surface area contributed by atoms with Gasteiger partial charge in [0.05, 0.1) is 0 Å². The molecule has 0 heterocycles. The van der Waals surface area contributed by atoms with Crippen molar-refractivity contribution < 1.29 is 28.6 Å². The summed E-state index contributed by atoms with van der Waals surface area (Å²) in [5.74, 6) is 0.779. The van der Waals surface area contributed by atoms with Crippen LogP contribution in [0.1, 0.15) is 279 Å². The van der Waals surface area contributed by atoms with Crippen LogP contribution in [0.25, 0.3) is 0 Å². The van der Waals surface area contributed by atoms with Crippen LogP contribution in [0.3, 0.4) is 0 Å². The largest absolute Gasteiger partial charge is 0.462 e. The van der Waals surface area contributed by atoms with Gasteiger partial charge in [-0.3, -0.25) is 14.4 Å². The lowest BCUT2D eigenvalue weighted by Gasteiger charge is -2.18. The maximum atomic E-state index is 12.8. The molecule has 338 valence electrons. The third kappa shape index (κ3) is 45.3.